The topological polar surface area (TPSA) is 69.9 Å². The molecule has 15 heavy (non-hydrogen) atoms. The van der Waals surface area contributed by atoms with E-state index in [0.29, 0.717) is 11.3 Å². The second-order valence-corrected chi connectivity index (χ2v) is 3.48. The summed E-state index contributed by atoms with van der Waals surface area (Å²) in [5.74, 6) is 5.28. The third-order valence-corrected chi connectivity index (χ3v) is 2.19. The third kappa shape index (κ3) is 1.73. The Balaban J connectivity index is 2.58. The van der Waals surface area contributed by atoms with Gasteiger partial charge in [-0.3, -0.25) is 0 Å². The van der Waals surface area contributed by atoms with Gasteiger partial charge in [-0.15, -0.1) is 0 Å². The van der Waals surface area contributed by atoms with Gasteiger partial charge in [0, 0.05) is 10.6 Å². The molecule has 1 aromatic carbocycles. The molecular formula is C9H8ClFN4. The Morgan fingerprint density at radius 2 is 2.07 bits per heavy atom. The number of nitrogens with zero attached hydrogens (tertiary/aromatic N) is 2. The number of hydrogen-bond acceptors (Lipinski definition) is 3. The summed E-state index contributed by atoms with van der Waals surface area (Å²) < 4.78 is 14.2. The largest absolute Gasteiger partial charge is 0.382 e. The maximum absolute atomic E-state index is 13.1. The number of hydrogen-bond donors (Lipinski definition) is 2. The third-order valence-electron chi connectivity index (χ3n) is 1.97. The maximum Gasteiger partial charge on any atom is 0.150 e. The van der Waals surface area contributed by atoms with Gasteiger partial charge in [0.25, 0.3) is 0 Å². The van der Waals surface area contributed by atoms with Crippen molar-refractivity contribution in [3.63, 3.8) is 0 Å². The number of anilines is 1. The lowest BCUT2D eigenvalue weighted by Gasteiger charge is -2.01. The summed E-state index contributed by atoms with van der Waals surface area (Å²) >= 11 is 5.71. The van der Waals surface area contributed by atoms with Crippen LogP contribution < -0.4 is 11.6 Å². The van der Waals surface area contributed by atoms with E-state index in [1.165, 1.54) is 18.5 Å². The van der Waals surface area contributed by atoms with Gasteiger partial charge >= 0.3 is 0 Å². The molecule has 0 amide bonds. The van der Waals surface area contributed by atoms with E-state index in [0.717, 1.165) is 4.68 Å². The molecule has 0 aliphatic heterocycles. The Morgan fingerprint density at radius 3 is 2.60 bits per heavy atom. The summed E-state index contributed by atoms with van der Waals surface area (Å²) in [6, 6.07) is 4.08. The second-order valence-electron chi connectivity index (χ2n) is 3.04. The van der Waals surface area contributed by atoms with Crippen LogP contribution in [0.4, 0.5) is 10.2 Å². The first-order valence-electron chi connectivity index (χ1n) is 4.12. The number of nitrogens with two attached hydrogens (primary N) is 2. The Hall–Kier alpha value is -1.75. The summed E-state index contributed by atoms with van der Waals surface area (Å²) in [7, 11) is 0. The molecule has 0 saturated heterocycles. The Kier molecular flexibility index (Phi) is 2.24. The van der Waals surface area contributed by atoms with Gasteiger partial charge in [0.05, 0.1) is 0 Å². The van der Waals surface area contributed by atoms with Crippen LogP contribution in [0.1, 0.15) is 0 Å². The predicted molar refractivity (Wildman–Crippen MR) is 57.2 cm³/mol. The quantitative estimate of drug-likeness (QED) is 0.727. The molecule has 1 heterocycles. The van der Waals surface area contributed by atoms with Gasteiger partial charge in [-0.1, -0.05) is 11.6 Å². The molecule has 1 aromatic heterocycles. The van der Waals surface area contributed by atoms with Crippen LogP contribution >= 0.6 is 11.6 Å². The fraction of sp³-hybridized carbons (Fsp3) is 0. The van der Waals surface area contributed by atoms with E-state index < -0.39 is 5.82 Å². The molecule has 0 bridgehead atoms. The molecule has 0 aliphatic rings. The van der Waals surface area contributed by atoms with Crippen LogP contribution in [-0.4, -0.2) is 9.66 Å². The second kappa shape index (κ2) is 3.43. The van der Waals surface area contributed by atoms with Crippen molar-refractivity contribution in [2.45, 2.75) is 0 Å². The van der Waals surface area contributed by atoms with E-state index in [2.05, 4.69) is 4.98 Å². The van der Waals surface area contributed by atoms with E-state index in [9.17, 15) is 4.39 Å². The zero-order chi connectivity index (χ0) is 11.0. The molecule has 2 aromatic rings. The van der Waals surface area contributed by atoms with Crippen molar-refractivity contribution in [3.05, 3.63) is 35.4 Å². The van der Waals surface area contributed by atoms with E-state index in [-0.39, 0.29) is 10.8 Å². The van der Waals surface area contributed by atoms with Crippen LogP contribution in [-0.2, 0) is 0 Å². The van der Waals surface area contributed by atoms with Gasteiger partial charge in [-0.05, 0) is 18.2 Å². The fourth-order valence-corrected chi connectivity index (χ4v) is 1.51. The fourth-order valence-electron chi connectivity index (χ4n) is 1.28. The summed E-state index contributed by atoms with van der Waals surface area (Å²) in [5, 5.41) is 0.288. The highest BCUT2D eigenvalue weighted by atomic mass is 35.5. The highest BCUT2D eigenvalue weighted by Gasteiger charge is 2.10. The number of aromatic nitrogens is 2. The van der Waals surface area contributed by atoms with Crippen molar-refractivity contribution < 1.29 is 4.39 Å². The van der Waals surface area contributed by atoms with Crippen LogP contribution in [0.3, 0.4) is 0 Å². The lowest BCUT2D eigenvalue weighted by atomic mass is 10.1. The SMILES string of the molecule is Nc1c(-c2cc(F)cc(Cl)c2)ncn1N. The van der Waals surface area contributed by atoms with Crippen LogP contribution in [0.2, 0.25) is 5.02 Å². The highest BCUT2D eigenvalue weighted by Crippen LogP contribution is 2.26. The van der Waals surface area contributed by atoms with Crippen molar-refractivity contribution in [1.82, 2.24) is 9.66 Å². The zero-order valence-corrected chi connectivity index (χ0v) is 8.37. The number of nitrogen functional groups attached to an aromatic ring is 2. The van der Waals surface area contributed by atoms with Crippen molar-refractivity contribution in [2.75, 3.05) is 11.6 Å². The van der Waals surface area contributed by atoms with Crippen molar-refractivity contribution >= 4 is 17.4 Å². The monoisotopic (exact) mass is 226 g/mol. The summed E-state index contributed by atoms with van der Waals surface area (Å²) in [4.78, 5) is 3.96. The first-order chi connectivity index (χ1) is 7.08. The number of imidazole rings is 1. The van der Waals surface area contributed by atoms with E-state index in [1.54, 1.807) is 6.07 Å². The molecule has 78 valence electrons. The summed E-state index contributed by atoms with van der Waals surface area (Å²) in [6.45, 7) is 0. The molecule has 0 unspecified atom stereocenters. The van der Waals surface area contributed by atoms with Gasteiger partial charge in [0.2, 0.25) is 0 Å². The molecule has 2 rings (SSSR count). The Labute approximate surface area is 90.2 Å². The van der Waals surface area contributed by atoms with E-state index in [1.807, 2.05) is 0 Å². The van der Waals surface area contributed by atoms with Crippen LogP contribution in [0, 0.1) is 5.82 Å². The summed E-state index contributed by atoms with van der Waals surface area (Å²) in [5.41, 5.74) is 6.56. The van der Waals surface area contributed by atoms with Crippen LogP contribution in [0.15, 0.2) is 24.5 Å². The van der Waals surface area contributed by atoms with Crippen molar-refractivity contribution in [1.29, 1.82) is 0 Å². The number of rotatable bonds is 1. The normalized spacial score (nSPS) is 10.5. The Bertz CT molecular complexity index is 489. The van der Waals surface area contributed by atoms with Crippen LogP contribution in [0.25, 0.3) is 11.3 Å². The molecule has 0 saturated carbocycles. The minimum Gasteiger partial charge on any atom is -0.382 e. The average molecular weight is 227 g/mol. The average Bonchev–Trinajstić information content (AvgIpc) is 2.46. The minimum atomic E-state index is -0.441. The van der Waals surface area contributed by atoms with Gasteiger partial charge in [0.15, 0.2) is 0 Å². The molecule has 0 aliphatic carbocycles. The molecular weight excluding hydrogens is 219 g/mol. The summed E-state index contributed by atoms with van der Waals surface area (Å²) in [6.07, 6.45) is 1.35. The predicted octanol–water partition coefficient (Wildman–Crippen LogP) is 1.64. The maximum atomic E-state index is 13.1. The first kappa shape index (κ1) is 9.79. The van der Waals surface area contributed by atoms with Crippen molar-refractivity contribution in [2.24, 2.45) is 0 Å². The molecule has 0 spiro atoms. The molecule has 6 heteroatoms. The molecule has 0 radical (unpaired) electrons. The van der Waals surface area contributed by atoms with Crippen LogP contribution in [0.5, 0.6) is 0 Å². The van der Waals surface area contributed by atoms with Crippen molar-refractivity contribution in [3.8, 4) is 11.3 Å². The molecule has 0 atom stereocenters. The Morgan fingerprint density at radius 1 is 1.33 bits per heavy atom. The standard InChI is InChI=1S/C9H8ClFN4/c10-6-1-5(2-7(11)3-6)8-9(12)15(13)4-14-8/h1-4H,12-13H2. The van der Waals surface area contributed by atoms with Gasteiger partial charge in [0.1, 0.15) is 23.7 Å². The van der Waals surface area contributed by atoms with Gasteiger partial charge in [-0.25, -0.2) is 14.1 Å². The van der Waals surface area contributed by atoms with Gasteiger partial charge in [-0.2, -0.15) is 0 Å². The minimum absolute atomic E-state index is 0.261. The van der Waals surface area contributed by atoms with E-state index in [4.69, 9.17) is 23.2 Å². The number of benzene rings is 1. The number of halogens is 2. The smallest absolute Gasteiger partial charge is 0.150 e. The van der Waals surface area contributed by atoms with Gasteiger partial charge < -0.3 is 11.6 Å². The lowest BCUT2D eigenvalue weighted by Crippen LogP contribution is -2.09. The molecule has 4 N–H and O–H groups in total. The zero-order valence-electron chi connectivity index (χ0n) is 7.61. The van der Waals surface area contributed by atoms with E-state index >= 15 is 0 Å². The highest BCUT2D eigenvalue weighted by molar-refractivity contribution is 6.30. The molecule has 0 fully saturated rings. The molecule has 4 nitrogen and oxygen atoms in total. The lowest BCUT2D eigenvalue weighted by molar-refractivity contribution is 0.628. The first-order valence-corrected chi connectivity index (χ1v) is 4.50.